The van der Waals surface area contributed by atoms with E-state index in [-0.39, 0.29) is 0 Å². The number of rotatable bonds is 28. The highest BCUT2D eigenvalue weighted by Gasteiger charge is 1.96. The van der Waals surface area contributed by atoms with Gasteiger partial charge in [-0.2, -0.15) is 0 Å². The van der Waals surface area contributed by atoms with Gasteiger partial charge in [0.25, 0.3) is 0 Å². The van der Waals surface area contributed by atoms with Gasteiger partial charge >= 0.3 is 5.97 Å². The molecule has 0 atom stereocenters. The molecule has 0 saturated carbocycles. The molecule has 0 saturated heterocycles. The van der Waals surface area contributed by atoms with E-state index in [0.29, 0.717) is 13.0 Å². The number of aliphatic carboxylic acids is 1. The second kappa shape index (κ2) is 29.2. The SMILES string of the molecule is O=C(O)CCCC/C=C/CCCCCCCCCCCCCCCCCCCCCCCO. The number of unbranched alkanes of at least 4 members (excludes halogenated alkanes) is 23. The zero-order valence-electron chi connectivity index (χ0n) is 22.0. The van der Waals surface area contributed by atoms with Crippen molar-refractivity contribution in [2.45, 2.75) is 167 Å². The molecule has 0 amide bonds. The van der Waals surface area contributed by atoms with Gasteiger partial charge in [-0.15, -0.1) is 0 Å². The van der Waals surface area contributed by atoms with Crippen LogP contribution >= 0.6 is 0 Å². The minimum atomic E-state index is -0.677. The summed E-state index contributed by atoms with van der Waals surface area (Å²) in [6.45, 7) is 0.363. The third-order valence-corrected chi connectivity index (χ3v) is 6.71. The molecule has 0 aromatic heterocycles. The fourth-order valence-corrected chi connectivity index (χ4v) is 4.51. The van der Waals surface area contributed by atoms with Crippen LogP contribution in [0.25, 0.3) is 0 Å². The maximum Gasteiger partial charge on any atom is 0.303 e. The van der Waals surface area contributed by atoms with E-state index in [1.54, 1.807) is 0 Å². The fraction of sp³-hybridized carbons (Fsp3) is 0.900. The van der Waals surface area contributed by atoms with Crippen molar-refractivity contribution in [3.63, 3.8) is 0 Å². The van der Waals surface area contributed by atoms with Crippen molar-refractivity contribution >= 4 is 5.97 Å². The third-order valence-electron chi connectivity index (χ3n) is 6.71. The summed E-state index contributed by atoms with van der Waals surface area (Å²) in [6, 6.07) is 0. The minimum Gasteiger partial charge on any atom is -0.481 e. The molecule has 33 heavy (non-hydrogen) atoms. The van der Waals surface area contributed by atoms with Crippen LogP contribution in [0.2, 0.25) is 0 Å². The first kappa shape index (κ1) is 32.2. The van der Waals surface area contributed by atoms with Gasteiger partial charge in [0, 0.05) is 13.0 Å². The van der Waals surface area contributed by atoms with Crippen LogP contribution in [0.15, 0.2) is 12.2 Å². The predicted octanol–water partition coefficient (Wildman–Crippen LogP) is 9.76. The number of carboxylic acid groups (broad SMARTS) is 1. The standard InChI is InChI=1S/C30H58O3/c31-29-27-25-23-21-19-17-15-13-11-9-7-5-3-1-2-4-6-8-10-12-14-16-18-20-22-24-26-28-30(32)33/h18,20,31H,1-17,19,21-29H2,(H,32,33)/b20-18+. The number of carbonyl (C=O) groups is 1. The maximum atomic E-state index is 10.4. The molecule has 0 fully saturated rings. The van der Waals surface area contributed by atoms with Crippen molar-refractivity contribution in [2.75, 3.05) is 6.61 Å². The lowest BCUT2D eigenvalue weighted by Crippen LogP contribution is -1.92. The average molecular weight is 467 g/mol. The molecule has 0 heterocycles. The van der Waals surface area contributed by atoms with Gasteiger partial charge in [-0.3, -0.25) is 4.79 Å². The van der Waals surface area contributed by atoms with Crippen LogP contribution in [0.3, 0.4) is 0 Å². The second-order valence-electron chi connectivity index (χ2n) is 10.0. The van der Waals surface area contributed by atoms with Crippen LogP contribution in [0.4, 0.5) is 0 Å². The van der Waals surface area contributed by atoms with Crippen molar-refractivity contribution in [3.8, 4) is 0 Å². The van der Waals surface area contributed by atoms with E-state index in [1.807, 2.05) is 0 Å². The zero-order valence-corrected chi connectivity index (χ0v) is 22.0. The smallest absolute Gasteiger partial charge is 0.303 e. The van der Waals surface area contributed by atoms with Crippen molar-refractivity contribution in [3.05, 3.63) is 12.2 Å². The highest BCUT2D eigenvalue weighted by molar-refractivity contribution is 5.66. The Balaban J connectivity index is 3.06. The Kier molecular flexibility index (Phi) is 28.5. The summed E-state index contributed by atoms with van der Waals surface area (Å²) in [6.07, 6.45) is 37.7. The number of hydrogen-bond donors (Lipinski definition) is 2. The molecule has 0 unspecified atom stereocenters. The lowest BCUT2D eigenvalue weighted by atomic mass is 10.0. The Morgan fingerprint density at radius 3 is 1.00 bits per heavy atom. The summed E-state index contributed by atoms with van der Waals surface area (Å²) in [4.78, 5) is 10.4. The van der Waals surface area contributed by atoms with Crippen LogP contribution < -0.4 is 0 Å². The van der Waals surface area contributed by atoms with Gasteiger partial charge in [-0.1, -0.05) is 134 Å². The zero-order chi connectivity index (χ0) is 24.1. The van der Waals surface area contributed by atoms with Gasteiger partial charge in [-0.05, 0) is 38.5 Å². The Morgan fingerprint density at radius 1 is 0.424 bits per heavy atom. The normalized spacial score (nSPS) is 11.5. The van der Waals surface area contributed by atoms with Crippen LogP contribution in [0.1, 0.15) is 167 Å². The largest absolute Gasteiger partial charge is 0.481 e. The molecule has 0 aromatic rings. The second-order valence-corrected chi connectivity index (χ2v) is 10.0. The van der Waals surface area contributed by atoms with Crippen molar-refractivity contribution in [1.82, 2.24) is 0 Å². The predicted molar refractivity (Wildman–Crippen MR) is 144 cm³/mol. The molecule has 0 aliphatic rings. The maximum absolute atomic E-state index is 10.4. The number of hydrogen-bond acceptors (Lipinski definition) is 2. The number of aliphatic hydroxyl groups excluding tert-OH is 1. The molecule has 0 aromatic carbocycles. The summed E-state index contributed by atoms with van der Waals surface area (Å²) in [5, 5.41) is 17.3. The van der Waals surface area contributed by atoms with Crippen LogP contribution in [-0.4, -0.2) is 22.8 Å². The van der Waals surface area contributed by atoms with Gasteiger partial charge in [0.1, 0.15) is 0 Å². The van der Waals surface area contributed by atoms with E-state index in [2.05, 4.69) is 12.2 Å². The summed E-state index contributed by atoms with van der Waals surface area (Å²) < 4.78 is 0. The highest BCUT2D eigenvalue weighted by atomic mass is 16.4. The lowest BCUT2D eigenvalue weighted by molar-refractivity contribution is -0.137. The van der Waals surface area contributed by atoms with Gasteiger partial charge in [0.15, 0.2) is 0 Å². The number of allylic oxidation sites excluding steroid dienone is 2. The first-order chi connectivity index (χ1) is 16.3. The first-order valence-corrected chi connectivity index (χ1v) is 14.7. The highest BCUT2D eigenvalue weighted by Crippen LogP contribution is 2.15. The molecule has 0 aliphatic carbocycles. The summed E-state index contributed by atoms with van der Waals surface area (Å²) >= 11 is 0. The van der Waals surface area contributed by atoms with Crippen molar-refractivity contribution in [2.24, 2.45) is 0 Å². The molecule has 0 bridgehead atoms. The Hall–Kier alpha value is -0.830. The van der Waals surface area contributed by atoms with E-state index in [9.17, 15) is 4.79 Å². The molecule has 3 heteroatoms. The average Bonchev–Trinajstić information content (AvgIpc) is 2.80. The molecule has 0 spiro atoms. The number of aliphatic hydroxyl groups is 1. The van der Waals surface area contributed by atoms with Gasteiger partial charge in [0.05, 0.1) is 0 Å². The van der Waals surface area contributed by atoms with E-state index in [1.165, 1.54) is 135 Å². The monoisotopic (exact) mass is 466 g/mol. The molecular weight excluding hydrogens is 408 g/mol. The summed E-state index contributed by atoms with van der Waals surface area (Å²) in [5.41, 5.74) is 0. The molecule has 0 radical (unpaired) electrons. The molecule has 3 nitrogen and oxygen atoms in total. The first-order valence-electron chi connectivity index (χ1n) is 14.7. The minimum absolute atomic E-state index is 0.308. The van der Waals surface area contributed by atoms with E-state index in [4.69, 9.17) is 10.2 Å². The third kappa shape index (κ3) is 31.2. The van der Waals surface area contributed by atoms with Gasteiger partial charge in [-0.25, -0.2) is 0 Å². The fourth-order valence-electron chi connectivity index (χ4n) is 4.51. The molecule has 0 rings (SSSR count). The van der Waals surface area contributed by atoms with Crippen LogP contribution in [-0.2, 0) is 4.79 Å². The van der Waals surface area contributed by atoms with Crippen molar-refractivity contribution < 1.29 is 15.0 Å². The Labute approximate surface area is 206 Å². The van der Waals surface area contributed by atoms with Gasteiger partial charge in [0.2, 0.25) is 0 Å². The molecule has 2 N–H and O–H groups in total. The Morgan fingerprint density at radius 2 is 0.697 bits per heavy atom. The lowest BCUT2D eigenvalue weighted by Gasteiger charge is -2.04. The summed E-state index contributed by atoms with van der Waals surface area (Å²) in [7, 11) is 0. The summed E-state index contributed by atoms with van der Waals surface area (Å²) in [5.74, 6) is -0.677. The topological polar surface area (TPSA) is 57.5 Å². The number of carboxylic acids is 1. The molecular formula is C30H58O3. The van der Waals surface area contributed by atoms with Gasteiger partial charge < -0.3 is 10.2 Å². The molecule has 196 valence electrons. The van der Waals surface area contributed by atoms with E-state index in [0.717, 1.165) is 25.7 Å². The molecule has 0 aliphatic heterocycles. The Bertz CT molecular complexity index is 405. The van der Waals surface area contributed by atoms with E-state index >= 15 is 0 Å². The van der Waals surface area contributed by atoms with Crippen LogP contribution in [0.5, 0.6) is 0 Å². The van der Waals surface area contributed by atoms with Crippen molar-refractivity contribution in [1.29, 1.82) is 0 Å². The van der Waals surface area contributed by atoms with Crippen LogP contribution in [0, 0.1) is 0 Å². The quantitative estimate of drug-likeness (QED) is 0.0890. The van der Waals surface area contributed by atoms with E-state index < -0.39 is 5.97 Å².